The van der Waals surface area contributed by atoms with Crippen molar-refractivity contribution in [1.29, 1.82) is 0 Å². The van der Waals surface area contributed by atoms with Gasteiger partial charge in [-0.15, -0.1) is 0 Å². The molecule has 1 aliphatic heterocycles. The highest BCUT2D eigenvalue weighted by Crippen LogP contribution is 2.40. The second-order valence-electron chi connectivity index (χ2n) is 7.97. The molecule has 7 heteroatoms. The summed E-state index contributed by atoms with van der Waals surface area (Å²) in [6, 6.07) is 14.1. The van der Waals surface area contributed by atoms with E-state index in [1.165, 1.54) is 17.0 Å². The smallest absolute Gasteiger partial charge is 0.416 e. The van der Waals surface area contributed by atoms with E-state index >= 15 is 0 Å². The molecular formula is C23H22F3NO3. The lowest BCUT2D eigenvalue weighted by molar-refractivity contribution is -0.137. The van der Waals surface area contributed by atoms with Crippen LogP contribution in [0.3, 0.4) is 0 Å². The normalized spacial score (nSPS) is 20.2. The number of benzene rings is 2. The van der Waals surface area contributed by atoms with E-state index in [4.69, 9.17) is 4.74 Å². The van der Waals surface area contributed by atoms with E-state index in [2.05, 4.69) is 0 Å². The van der Waals surface area contributed by atoms with Gasteiger partial charge in [-0.2, -0.15) is 13.2 Å². The summed E-state index contributed by atoms with van der Waals surface area (Å²) in [4.78, 5) is 26.9. The van der Waals surface area contributed by atoms with Gasteiger partial charge in [-0.05, 0) is 54.9 Å². The van der Waals surface area contributed by atoms with Crippen LogP contribution in [0.5, 0.6) is 0 Å². The molecule has 1 heterocycles. The lowest BCUT2D eigenvalue weighted by Crippen LogP contribution is -2.44. The minimum atomic E-state index is -4.39. The molecule has 1 saturated carbocycles. The fourth-order valence-corrected chi connectivity index (χ4v) is 3.98. The number of imide groups is 1. The quantitative estimate of drug-likeness (QED) is 0.674. The molecule has 2 atom stereocenters. The van der Waals surface area contributed by atoms with Gasteiger partial charge in [0.25, 0.3) is 0 Å². The van der Waals surface area contributed by atoms with Crippen molar-refractivity contribution in [3.05, 3.63) is 71.3 Å². The fourth-order valence-electron chi connectivity index (χ4n) is 3.98. The molecule has 0 spiro atoms. The third-order valence-electron chi connectivity index (χ3n) is 5.76. The van der Waals surface area contributed by atoms with Crippen LogP contribution < -0.4 is 0 Å². The van der Waals surface area contributed by atoms with Crippen molar-refractivity contribution in [3.63, 3.8) is 0 Å². The van der Waals surface area contributed by atoms with Gasteiger partial charge in [0.05, 0.1) is 11.6 Å². The molecule has 0 N–H and O–H groups in total. The van der Waals surface area contributed by atoms with E-state index in [0.29, 0.717) is 18.4 Å². The molecule has 1 aliphatic carbocycles. The molecule has 2 aliphatic rings. The van der Waals surface area contributed by atoms with Gasteiger partial charge >= 0.3 is 12.3 Å². The Morgan fingerprint density at radius 2 is 1.70 bits per heavy atom. The van der Waals surface area contributed by atoms with Crippen LogP contribution in [-0.2, 0) is 28.5 Å². The lowest BCUT2D eigenvalue weighted by Gasteiger charge is -2.25. The van der Waals surface area contributed by atoms with E-state index in [1.807, 2.05) is 30.3 Å². The number of ether oxygens (including phenoxy) is 1. The molecule has 2 amide bonds. The van der Waals surface area contributed by atoms with Gasteiger partial charge in [-0.1, -0.05) is 42.5 Å². The van der Waals surface area contributed by atoms with Crippen molar-refractivity contribution in [2.75, 3.05) is 6.61 Å². The third-order valence-corrected chi connectivity index (χ3v) is 5.76. The molecule has 2 unspecified atom stereocenters. The Kier molecular flexibility index (Phi) is 5.54. The maximum Gasteiger partial charge on any atom is 0.416 e. The third kappa shape index (κ3) is 4.50. The number of halogens is 3. The first-order valence-corrected chi connectivity index (χ1v) is 10.0. The molecule has 4 rings (SSSR count). The minimum absolute atomic E-state index is 0.144. The summed E-state index contributed by atoms with van der Waals surface area (Å²) in [5.41, 5.74) is 0.941. The summed E-state index contributed by atoms with van der Waals surface area (Å²) < 4.78 is 43.6. The maximum absolute atomic E-state index is 13.3. The van der Waals surface area contributed by atoms with Crippen molar-refractivity contribution in [2.45, 2.75) is 37.9 Å². The Bertz CT molecular complexity index is 908. The first kappa shape index (κ1) is 20.4. The van der Waals surface area contributed by atoms with Crippen LogP contribution in [0.4, 0.5) is 18.0 Å². The SMILES string of the molecule is O=C1OCC(Cc2ccccc2)N1C(=O)C(Cc1ccc(C(F)(F)F)cc1)C1CC1. The first-order chi connectivity index (χ1) is 14.3. The molecule has 0 radical (unpaired) electrons. The van der Waals surface area contributed by atoms with Gasteiger partial charge in [0.1, 0.15) is 6.61 Å². The van der Waals surface area contributed by atoms with Crippen LogP contribution in [0.15, 0.2) is 54.6 Å². The molecule has 30 heavy (non-hydrogen) atoms. The van der Waals surface area contributed by atoms with Gasteiger partial charge in [0.2, 0.25) is 5.91 Å². The summed E-state index contributed by atoms with van der Waals surface area (Å²) in [5, 5.41) is 0. The highest BCUT2D eigenvalue weighted by Gasteiger charge is 2.45. The zero-order chi connectivity index (χ0) is 21.3. The zero-order valence-electron chi connectivity index (χ0n) is 16.3. The van der Waals surface area contributed by atoms with E-state index in [9.17, 15) is 22.8 Å². The Hall–Kier alpha value is -2.83. The molecule has 4 nitrogen and oxygen atoms in total. The van der Waals surface area contributed by atoms with Gasteiger partial charge in [-0.3, -0.25) is 4.79 Å². The second kappa shape index (κ2) is 8.13. The largest absolute Gasteiger partial charge is 0.447 e. The Morgan fingerprint density at radius 3 is 2.30 bits per heavy atom. The Labute approximate surface area is 172 Å². The van der Waals surface area contributed by atoms with Crippen LogP contribution in [0.25, 0.3) is 0 Å². The Balaban J connectivity index is 1.50. The average molecular weight is 417 g/mol. The van der Waals surface area contributed by atoms with Crippen molar-refractivity contribution >= 4 is 12.0 Å². The van der Waals surface area contributed by atoms with Gasteiger partial charge in [0.15, 0.2) is 0 Å². The van der Waals surface area contributed by atoms with Crippen molar-refractivity contribution in [3.8, 4) is 0 Å². The van der Waals surface area contributed by atoms with Gasteiger partial charge < -0.3 is 4.74 Å². The highest BCUT2D eigenvalue weighted by atomic mass is 19.4. The number of alkyl halides is 3. The summed E-state index contributed by atoms with van der Waals surface area (Å²) in [5.74, 6) is -0.586. The first-order valence-electron chi connectivity index (χ1n) is 10.0. The molecule has 0 bridgehead atoms. The summed E-state index contributed by atoms with van der Waals surface area (Å²) in [6.45, 7) is 0.150. The number of carbonyl (C=O) groups excluding carboxylic acids is 2. The summed E-state index contributed by atoms with van der Waals surface area (Å²) >= 11 is 0. The van der Waals surface area contributed by atoms with Crippen LogP contribution in [0, 0.1) is 11.8 Å². The lowest BCUT2D eigenvalue weighted by atomic mass is 9.92. The Morgan fingerprint density at radius 1 is 1.03 bits per heavy atom. The molecular weight excluding hydrogens is 395 g/mol. The molecule has 2 fully saturated rings. The van der Waals surface area contributed by atoms with E-state index in [1.54, 1.807) is 0 Å². The van der Waals surface area contributed by atoms with E-state index < -0.39 is 23.8 Å². The number of amides is 2. The number of hydrogen-bond donors (Lipinski definition) is 0. The fraction of sp³-hybridized carbons (Fsp3) is 0.391. The monoisotopic (exact) mass is 417 g/mol. The number of rotatable bonds is 6. The summed E-state index contributed by atoms with van der Waals surface area (Å²) in [6.07, 6.45) is -2.46. The van der Waals surface area contributed by atoms with Crippen molar-refractivity contribution in [2.24, 2.45) is 11.8 Å². The number of nitrogens with zero attached hydrogens (tertiary/aromatic N) is 1. The molecule has 0 aromatic heterocycles. The summed E-state index contributed by atoms with van der Waals surface area (Å²) in [7, 11) is 0. The van der Waals surface area contributed by atoms with Crippen molar-refractivity contribution in [1.82, 2.24) is 4.90 Å². The number of hydrogen-bond acceptors (Lipinski definition) is 3. The predicted octanol–water partition coefficient (Wildman–Crippen LogP) is 4.86. The van der Waals surface area contributed by atoms with E-state index in [-0.39, 0.29) is 24.5 Å². The molecule has 2 aromatic rings. The highest BCUT2D eigenvalue weighted by molar-refractivity contribution is 5.95. The zero-order valence-corrected chi connectivity index (χ0v) is 16.3. The number of carbonyl (C=O) groups is 2. The van der Waals surface area contributed by atoms with Crippen LogP contribution >= 0.6 is 0 Å². The second-order valence-corrected chi connectivity index (χ2v) is 7.97. The van der Waals surface area contributed by atoms with Crippen LogP contribution in [-0.4, -0.2) is 29.5 Å². The molecule has 158 valence electrons. The van der Waals surface area contributed by atoms with Crippen molar-refractivity contribution < 1.29 is 27.5 Å². The van der Waals surface area contributed by atoms with E-state index in [0.717, 1.165) is 30.5 Å². The van der Waals surface area contributed by atoms with Gasteiger partial charge in [0, 0.05) is 5.92 Å². The average Bonchev–Trinajstić information content (AvgIpc) is 3.50. The van der Waals surface area contributed by atoms with Crippen LogP contribution in [0.2, 0.25) is 0 Å². The van der Waals surface area contributed by atoms with Crippen LogP contribution in [0.1, 0.15) is 29.5 Å². The standard InChI is InChI=1S/C23H22F3NO3/c24-23(25,26)18-10-6-16(7-11-18)13-20(17-8-9-17)21(28)27-19(14-30-22(27)29)12-15-4-2-1-3-5-15/h1-7,10-11,17,19-20H,8-9,12-14H2. The molecule has 1 saturated heterocycles. The molecule has 2 aromatic carbocycles. The topological polar surface area (TPSA) is 46.6 Å². The minimum Gasteiger partial charge on any atom is -0.447 e. The maximum atomic E-state index is 13.3. The predicted molar refractivity (Wildman–Crippen MR) is 103 cm³/mol. The van der Waals surface area contributed by atoms with Gasteiger partial charge in [-0.25, -0.2) is 9.69 Å². The number of cyclic esters (lactones) is 1.